The number of fused-ring (bicyclic) bond motifs is 6. The number of esters is 1. The van der Waals surface area contributed by atoms with Crippen molar-refractivity contribution in [3.05, 3.63) is 23.8 Å². The number of aliphatic imine (C=N–C) groups is 1. The fourth-order valence-corrected chi connectivity index (χ4v) is 9.04. The third-order valence-electron chi connectivity index (χ3n) is 12.3. The Bertz CT molecular complexity index is 1870. The van der Waals surface area contributed by atoms with Gasteiger partial charge in [-0.15, -0.1) is 0 Å². The third-order valence-corrected chi connectivity index (χ3v) is 12.3. The molecule has 4 heterocycles. The van der Waals surface area contributed by atoms with Crippen molar-refractivity contribution in [3.63, 3.8) is 0 Å². The summed E-state index contributed by atoms with van der Waals surface area (Å²) in [5, 5.41) is 28.5. The van der Waals surface area contributed by atoms with Crippen LogP contribution in [0.25, 0.3) is 11.0 Å². The van der Waals surface area contributed by atoms with Gasteiger partial charge in [0.1, 0.15) is 17.8 Å². The lowest BCUT2D eigenvalue weighted by Gasteiger charge is -2.48. The highest BCUT2D eigenvalue weighted by molar-refractivity contribution is 6.08. The fourth-order valence-electron chi connectivity index (χ4n) is 9.04. The van der Waals surface area contributed by atoms with Gasteiger partial charge in [0.15, 0.2) is 23.5 Å². The van der Waals surface area contributed by atoms with Crippen molar-refractivity contribution in [1.29, 1.82) is 0 Å². The number of amides is 1. The van der Waals surface area contributed by atoms with Crippen molar-refractivity contribution in [2.24, 2.45) is 22.7 Å². The summed E-state index contributed by atoms with van der Waals surface area (Å²) in [6, 6.07) is 4.14. The molecule has 0 spiro atoms. The number of Topliss-reactive ketones (excluding diaryl/α,β-unsaturated/α-hetero) is 1. The number of hydroxylamine groups is 1. The molecule has 1 aromatic heterocycles. The number of aromatic nitrogens is 1. The molecule has 5 rings (SSSR count). The van der Waals surface area contributed by atoms with E-state index in [9.17, 15) is 24.6 Å². The molecule has 3 aliphatic heterocycles. The number of anilines is 1. The number of nitrogens with two attached hydrogens (primary N) is 1. The predicted molar refractivity (Wildman–Crippen MR) is 217 cm³/mol. The highest BCUT2D eigenvalue weighted by Gasteiger charge is 2.57. The number of alkyl halides is 1. The first kappa shape index (κ1) is 47.6. The van der Waals surface area contributed by atoms with Crippen LogP contribution in [0.15, 0.2) is 27.7 Å². The second kappa shape index (κ2) is 18.9. The average molecular weight is 850 g/mol. The number of hydrogen-bond acceptors (Lipinski definition) is 16. The normalized spacial score (nSPS) is 39.6. The van der Waals surface area contributed by atoms with E-state index in [1.165, 1.54) is 20.8 Å². The quantitative estimate of drug-likeness (QED) is 0.170. The number of ketones is 1. The maximum absolute atomic E-state index is 16.9. The monoisotopic (exact) mass is 849 g/mol. The van der Waals surface area contributed by atoms with Gasteiger partial charge in [0, 0.05) is 30.5 Å². The molecule has 1 unspecified atom stereocenters. The van der Waals surface area contributed by atoms with E-state index in [1.807, 2.05) is 32.8 Å². The summed E-state index contributed by atoms with van der Waals surface area (Å²) in [5.41, 5.74) is 3.66. The number of aliphatic hydroxyl groups is 2. The fraction of sp³-hybridized carbons (Fsp3) is 0.738. The number of likely N-dealkylation sites (N-methyl/N-ethyl adjacent to an activating group) is 1. The van der Waals surface area contributed by atoms with E-state index < -0.39 is 95.1 Å². The van der Waals surface area contributed by atoms with Crippen molar-refractivity contribution in [2.75, 3.05) is 33.0 Å². The van der Waals surface area contributed by atoms with Crippen LogP contribution in [0, 0.1) is 17.8 Å². The first-order valence-corrected chi connectivity index (χ1v) is 20.7. The van der Waals surface area contributed by atoms with Crippen LogP contribution in [0.5, 0.6) is 0 Å². The largest absolute Gasteiger partial charge is 0.457 e. The minimum Gasteiger partial charge on any atom is -0.457 e. The Balaban J connectivity index is 1.64. The molecule has 336 valence electrons. The molecule has 0 radical (unpaired) electrons. The number of hydrogen-bond donors (Lipinski definition) is 4. The number of ether oxygens (including phenoxy) is 5. The molecule has 0 saturated carbocycles. The first-order chi connectivity index (χ1) is 28.0. The Morgan fingerprint density at radius 2 is 1.83 bits per heavy atom. The Morgan fingerprint density at radius 3 is 2.48 bits per heavy atom. The molecule has 18 heteroatoms. The molecule has 14 atom stereocenters. The highest BCUT2D eigenvalue weighted by Crippen LogP contribution is 2.41. The minimum atomic E-state index is -3.21. The summed E-state index contributed by atoms with van der Waals surface area (Å²) in [5.74, 6) is -5.78. The summed E-state index contributed by atoms with van der Waals surface area (Å²) >= 11 is 0. The number of nitrogens with one attached hydrogen (secondary N) is 1. The molecule has 17 nitrogen and oxygen atoms in total. The van der Waals surface area contributed by atoms with Crippen LogP contribution in [0.2, 0.25) is 0 Å². The first-order valence-electron chi connectivity index (χ1n) is 20.7. The van der Waals surface area contributed by atoms with Gasteiger partial charge in [0.25, 0.3) is 5.67 Å². The Labute approximate surface area is 350 Å². The summed E-state index contributed by atoms with van der Waals surface area (Å²) < 4.78 is 54.2. The minimum absolute atomic E-state index is 0.000898. The summed E-state index contributed by atoms with van der Waals surface area (Å²) in [6.45, 7) is 13.4. The van der Waals surface area contributed by atoms with E-state index in [0.29, 0.717) is 23.1 Å². The lowest BCUT2D eigenvalue weighted by Crippen LogP contribution is -2.61. The van der Waals surface area contributed by atoms with Gasteiger partial charge in [-0.3, -0.25) is 14.4 Å². The maximum atomic E-state index is 16.9. The van der Waals surface area contributed by atoms with Gasteiger partial charge in [-0.1, -0.05) is 38.9 Å². The molecule has 3 aliphatic rings. The van der Waals surface area contributed by atoms with Crippen molar-refractivity contribution in [3.8, 4) is 0 Å². The molecule has 60 heavy (non-hydrogen) atoms. The number of nitrogens with zero attached hydrogens (tertiary/aromatic N) is 3. The second-order valence-electron chi connectivity index (χ2n) is 17.6. The number of carbonyl (C=O) groups is 3. The molecule has 3 saturated heterocycles. The molecule has 3 fully saturated rings. The number of nitrogen functional groups attached to an aromatic ring is 1. The van der Waals surface area contributed by atoms with Gasteiger partial charge in [-0.25, -0.2) is 14.2 Å². The van der Waals surface area contributed by atoms with Gasteiger partial charge in [0.2, 0.25) is 5.91 Å². The van der Waals surface area contributed by atoms with Crippen molar-refractivity contribution in [2.45, 2.75) is 154 Å². The summed E-state index contributed by atoms with van der Waals surface area (Å²) in [4.78, 5) is 53.4. The number of rotatable bonds is 8. The second-order valence-corrected chi connectivity index (χ2v) is 17.6. The lowest BCUT2D eigenvalue weighted by molar-refractivity contribution is -0.298. The van der Waals surface area contributed by atoms with Crippen LogP contribution in [0.4, 0.5) is 10.2 Å². The van der Waals surface area contributed by atoms with Gasteiger partial charge < -0.3 is 49.1 Å². The number of benzene rings is 1. The molecule has 5 N–H and O–H groups in total. The van der Waals surface area contributed by atoms with Crippen LogP contribution < -0.4 is 11.2 Å². The molecule has 1 aromatic carbocycles. The van der Waals surface area contributed by atoms with E-state index in [4.69, 9.17) is 38.8 Å². The maximum Gasteiger partial charge on any atom is 0.351 e. The van der Waals surface area contributed by atoms with Gasteiger partial charge in [-0.05, 0) is 84.7 Å². The van der Waals surface area contributed by atoms with E-state index in [-0.39, 0.29) is 44.6 Å². The number of carbonyl (C=O) groups excluding carboxylic acids is 3. The zero-order valence-electron chi connectivity index (χ0n) is 36.6. The van der Waals surface area contributed by atoms with Gasteiger partial charge in [-0.2, -0.15) is 5.48 Å². The molecular formula is C42H64FN5O12. The van der Waals surface area contributed by atoms with Crippen molar-refractivity contribution < 1.29 is 62.0 Å². The van der Waals surface area contributed by atoms with Crippen LogP contribution in [0.3, 0.4) is 0 Å². The van der Waals surface area contributed by atoms with E-state index in [0.717, 1.165) is 12.5 Å². The third kappa shape index (κ3) is 10.1. The Kier molecular flexibility index (Phi) is 15.0. The van der Waals surface area contributed by atoms with E-state index in [1.54, 1.807) is 39.0 Å². The van der Waals surface area contributed by atoms with Crippen molar-refractivity contribution in [1.82, 2.24) is 15.5 Å². The average Bonchev–Trinajstić information content (AvgIpc) is 3.54. The number of cyclic esters (lactones) is 1. The smallest absolute Gasteiger partial charge is 0.351 e. The summed E-state index contributed by atoms with van der Waals surface area (Å²) in [6.07, 6.45) is -6.37. The van der Waals surface area contributed by atoms with E-state index >= 15 is 4.39 Å². The van der Waals surface area contributed by atoms with Gasteiger partial charge >= 0.3 is 5.97 Å². The topological polar surface area (TPSA) is 227 Å². The molecule has 0 aliphatic carbocycles. The number of halogens is 1. The Morgan fingerprint density at radius 1 is 1.13 bits per heavy atom. The predicted octanol–water partition coefficient (Wildman–Crippen LogP) is 3.45. The van der Waals surface area contributed by atoms with Gasteiger partial charge in [0.05, 0.1) is 55.2 Å². The van der Waals surface area contributed by atoms with Crippen LogP contribution in [0.1, 0.15) is 87.1 Å². The molecular weight excluding hydrogens is 785 g/mol. The van der Waals surface area contributed by atoms with Crippen LogP contribution >= 0.6 is 0 Å². The molecule has 1 amide bonds. The number of aliphatic hydroxyl groups excluding tert-OH is 1. The highest BCUT2D eigenvalue weighted by atomic mass is 19.1. The van der Waals surface area contributed by atoms with Crippen molar-refractivity contribution >= 4 is 40.2 Å². The van der Waals surface area contributed by atoms with Crippen LogP contribution in [-0.4, -0.2) is 137 Å². The zero-order valence-corrected chi connectivity index (χ0v) is 36.6. The van der Waals surface area contributed by atoms with Crippen LogP contribution in [-0.2, 0) is 49.5 Å². The lowest BCUT2D eigenvalue weighted by atomic mass is 9.73. The molecule has 2 bridgehead atoms. The van der Waals surface area contributed by atoms with E-state index in [2.05, 4.69) is 15.6 Å². The standard InChI is InChI=1S/C42H64FN5O12/c1-12-31-42(9,53)36-23(4)32(45-25(6)49)21(2)17-40(7,55-20-27(19-54-36)46-56-18-26-13-14-28-30(16-26)60-47-37(28)44)35(24(5)34(51)41(8,43)39(52)58-31)59-38-33(50)29(48(10)11)15-22(3)57-38/h13-14,16,21-24,27,29,31,33,35-36,38,46,50,53H,12,15,17-20H2,1-11H3,(H2,44,47)/t21-,22-,23+,24+,27?,29+,31-,33-,35-,36-,38+,40-,41+,42-/m1/s1. The SMILES string of the molecule is CC[C@H]1OC(=O)[C@@](C)(F)C(=O)[C@H](C)[C@@H](O[C@@H]2O[C@H](C)C[C@H](N(C)C)[C@H]2O)[C@@]2(C)C[C@@H](C)C(=NC(C)=O)[C@H](C)[C@@H](OCC(NOCc3ccc4c(N)noc4c3)CO2)[C@]1(C)O. The zero-order chi connectivity index (χ0) is 44.5. The molecule has 2 aromatic rings. The summed E-state index contributed by atoms with van der Waals surface area (Å²) in [7, 11) is 3.64. The Hall–Kier alpha value is -3.46.